The first-order valence-corrected chi connectivity index (χ1v) is 15.6. The summed E-state index contributed by atoms with van der Waals surface area (Å²) in [5.74, 6) is 0.959. The fourth-order valence-corrected chi connectivity index (χ4v) is 5.26. The van der Waals surface area contributed by atoms with Crippen molar-refractivity contribution in [1.82, 2.24) is 0 Å². The average Bonchev–Trinajstić information content (AvgIpc) is 2.88. The van der Waals surface area contributed by atoms with Gasteiger partial charge in [-0.15, -0.1) is 0 Å². The average molecular weight is 565 g/mol. The van der Waals surface area contributed by atoms with Gasteiger partial charge in [0.25, 0.3) is 0 Å². The molecule has 2 aromatic rings. The summed E-state index contributed by atoms with van der Waals surface area (Å²) in [6.45, 7) is 5.27. The van der Waals surface area contributed by atoms with E-state index in [0.29, 0.717) is 0 Å². The largest absolute Gasteiger partial charge is 1.00 e. The van der Waals surface area contributed by atoms with E-state index in [1.165, 1.54) is 108 Å². The van der Waals surface area contributed by atoms with Crippen molar-refractivity contribution in [3.05, 3.63) is 64.7 Å². The molecular formula is C34H55Cl2NO. The molecule has 0 bridgehead atoms. The van der Waals surface area contributed by atoms with Crippen LogP contribution in [-0.4, -0.2) is 38.3 Å². The summed E-state index contributed by atoms with van der Waals surface area (Å²) in [4.78, 5) is 0. The van der Waals surface area contributed by atoms with E-state index in [1.54, 1.807) is 0 Å². The van der Waals surface area contributed by atoms with Gasteiger partial charge in [0.2, 0.25) is 0 Å². The van der Waals surface area contributed by atoms with Gasteiger partial charge in [0, 0.05) is 11.4 Å². The standard InChI is InChI=1S/C34H55ClNO.ClH/c1-4-5-6-7-8-9-10-11-12-13-14-15-16-17-21-26-36(2,3)27-28-37-34-25-24-33(35)30-32(34)29-31-22-19-18-20-23-31;/h18-20,22-25,30H,4-17,21,26-29H2,1-3H3;1H/q+1;/p-1. The van der Waals surface area contributed by atoms with E-state index in [9.17, 15) is 0 Å². The van der Waals surface area contributed by atoms with E-state index in [4.69, 9.17) is 16.3 Å². The van der Waals surface area contributed by atoms with Gasteiger partial charge in [-0.25, -0.2) is 0 Å². The van der Waals surface area contributed by atoms with Crippen LogP contribution in [0, 0.1) is 0 Å². The summed E-state index contributed by atoms with van der Waals surface area (Å²) in [7, 11) is 4.67. The molecule has 0 saturated carbocycles. The van der Waals surface area contributed by atoms with Gasteiger partial charge in [-0.05, 0) is 42.2 Å². The number of quaternary nitrogens is 1. The molecule has 38 heavy (non-hydrogen) atoms. The molecule has 0 saturated heterocycles. The van der Waals surface area contributed by atoms with Crippen LogP contribution in [0.5, 0.6) is 5.75 Å². The van der Waals surface area contributed by atoms with Crippen molar-refractivity contribution < 1.29 is 21.6 Å². The molecular weight excluding hydrogens is 509 g/mol. The molecule has 4 heteroatoms. The minimum absolute atomic E-state index is 0. The fraction of sp³-hybridized carbons (Fsp3) is 0.647. The fourth-order valence-electron chi connectivity index (χ4n) is 5.07. The van der Waals surface area contributed by atoms with Crippen molar-refractivity contribution in [2.24, 2.45) is 0 Å². The normalized spacial score (nSPS) is 11.4. The van der Waals surface area contributed by atoms with E-state index < -0.39 is 0 Å². The number of halogens is 2. The van der Waals surface area contributed by atoms with Crippen LogP contribution in [0.2, 0.25) is 5.02 Å². The van der Waals surface area contributed by atoms with Gasteiger partial charge in [-0.2, -0.15) is 0 Å². The molecule has 2 rings (SSSR count). The first-order valence-electron chi connectivity index (χ1n) is 15.3. The molecule has 0 unspecified atom stereocenters. The van der Waals surface area contributed by atoms with Gasteiger partial charge in [0.05, 0.1) is 20.6 Å². The van der Waals surface area contributed by atoms with E-state index in [2.05, 4.69) is 51.4 Å². The van der Waals surface area contributed by atoms with Crippen LogP contribution < -0.4 is 17.1 Å². The van der Waals surface area contributed by atoms with E-state index in [1.807, 2.05) is 18.2 Å². The Morgan fingerprint density at radius 3 is 1.74 bits per heavy atom. The lowest BCUT2D eigenvalue weighted by atomic mass is 10.0. The predicted molar refractivity (Wildman–Crippen MR) is 163 cm³/mol. The minimum atomic E-state index is 0. The zero-order chi connectivity index (χ0) is 26.6. The Balaban J connectivity index is 0.00000722. The molecule has 0 radical (unpaired) electrons. The number of hydrogen-bond acceptors (Lipinski definition) is 1. The molecule has 2 aromatic carbocycles. The topological polar surface area (TPSA) is 9.23 Å². The highest BCUT2D eigenvalue weighted by atomic mass is 35.5. The Bertz CT molecular complexity index is 824. The van der Waals surface area contributed by atoms with E-state index >= 15 is 0 Å². The summed E-state index contributed by atoms with van der Waals surface area (Å²) in [6, 6.07) is 16.5. The third-order valence-corrected chi connectivity index (χ3v) is 7.82. The van der Waals surface area contributed by atoms with Gasteiger partial charge in [-0.3, -0.25) is 0 Å². The Kier molecular flexibility index (Phi) is 19.8. The summed E-state index contributed by atoms with van der Waals surface area (Å²) in [6.07, 6.45) is 22.1. The van der Waals surface area contributed by atoms with Gasteiger partial charge in [0.15, 0.2) is 0 Å². The van der Waals surface area contributed by atoms with E-state index in [0.717, 1.165) is 40.4 Å². The molecule has 0 aliphatic rings. The molecule has 0 atom stereocenters. The summed E-state index contributed by atoms with van der Waals surface area (Å²) in [5, 5.41) is 0.766. The number of nitrogens with zero attached hydrogens (tertiary/aromatic N) is 1. The van der Waals surface area contributed by atoms with Crippen molar-refractivity contribution in [1.29, 1.82) is 0 Å². The molecule has 0 N–H and O–H groups in total. The van der Waals surface area contributed by atoms with Crippen LogP contribution in [0.1, 0.15) is 114 Å². The quantitative estimate of drug-likeness (QED) is 0.108. The van der Waals surface area contributed by atoms with Crippen LogP contribution in [0.4, 0.5) is 0 Å². The number of ether oxygens (including phenoxy) is 1. The highest BCUT2D eigenvalue weighted by Crippen LogP contribution is 2.26. The molecule has 216 valence electrons. The molecule has 0 aliphatic heterocycles. The lowest BCUT2D eigenvalue weighted by Gasteiger charge is -2.30. The van der Waals surface area contributed by atoms with Crippen molar-refractivity contribution in [3.63, 3.8) is 0 Å². The monoisotopic (exact) mass is 563 g/mol. The van der Waals surface area contributed by atoms with Crippen molar-refractivity contribution in [2.45, 2.75) is 110 Å². The highest BCUT2D eigenvalue weighted by molar-refractivity contribution is 6.30. The Morgan fingerprint density at radius 2 is 1.18 bits per heavy atom. The number of likely N-dealkylation sites (N-methyl/N-ethyl adjacent to an activating group) is 1. The maximum absolute atomic E-state index is 6.29. The SMILES string of the molecule is CCCCCCCCCCCCCCCCC[N+](C)(C)CCOc1ccc(Cl)cc1Cc1ccccc1.[Cl-]. The summed E-state index contributed by atoms with van der Waals surface area (Å²) >= 11 is 6.29. The summed E-state index contributed by atoms with van der Waals surface area (Å²) < 4.78 is 7.27. The van der Waals surface area contributed by atoms with Crippen molar-refractivity contribution >= 4 is 11.6 Å². The number of benzene rings is 2. The molecule has 0 spiro atoms. The maximum Gasteiger partial charge on any atom is 0.137 e. The zero-order valence-corrected chi connectivity index (χ0v) is 26.2. The second-order valence-electron chi connectivity index (χ2n) is 11.6. The molecule has 0 heterocycles. The van der Waals surface area contributed by atoms with Crippen molar-refractivity contribution in [3.8, 4) is 5.75 Å². The predicted octanol–water partition coefficient (Wildman–Crippen LogP) is 7.26. The number of rotatable bonds is 22. The van der Waals surface area contributed by atoms with Gasteiger partial charge >= 0.3 is 0 Å². The number of unbranched alkanes of at least 4 members (excludes halogenated alkanes) is 14. The third kappa shape index (κ3) is 16.7. The second kappa shape index (κ2) is 21.6. The van der Waals surface area contributed by atoms with Crippen LogP contribution >= 0.6 is 11.6 Å². The molecule has 0 aromatic heterocycles. The first-order chi connectivity index (χ1) is 18.0. The van der Waals surface area contributed by atoms with Crippen LogP contribution in [-0.2, 0) is 6.42 Å². The smallest absolute Gasteiger partial charge is 0.137 e. The molecule has 0 fully saturated rings. The minimum Gasteiger partial charge on any atom is -1.00 e. The Hall–Kier alpha value is -1.22. The molecule has 0 aliphatic carbocycles. The van der Waals surface area contributed by atoms with Gasteiger partial charge < -0.3 is 21.6 Å². The number of hydrogen-bond donors (Lipinski definition) is 0. The summed E-state index contributed by atoms with van der Waals surface area (Å²) in [5.41, 5.74) is 2.44. The lowest BCUT2D eigenvalue weighted by molar-refractivity contribution is -0.890. The van der Waals surface area contributed by atoms with Crippen LogP contribution in [0.3, 0.4) is 0 Å². The molecule has 0 amide bonds. The third-order valence-electron chi connectivity index (χ3n) is 7.58. The van der Waals surface area contributed by atoms with Crippen molar-refractivity contribution in [2.75, 3.05) is 33.8 Å². The Morgan fingerprint density at radius 1 is 0.658 bits per heavy atom. The van der Waals surface area contributed by atoms with Crippen LogP contribution in [0.15, 0.2) is 48.5 Å². The molecule has 2 nitrogen and oxygen atoms in total. The van der Waals surface area contributed by atoms with Gasteiger partial charge in [-0.1, -0.05) is 132 Å². The second-order valence-corrected chi connectivity index (χ2v) is 12.0. The highest BCUT2D eigenvalue weighted by Gasteiger charge is 2.15. The van der Waals surface area contributed by atoms with Gasteiger partial charge in [0.1, 0.15) is 18.9 Å². The zero-order valence-electron chi connectivity index (χ0n) is 24.7. The Labute approximate surface area is 246 Å². The first kappa shape index (κ1) is 34.8. The maximum atomic E-state index is 6.29. The van der Waals surface area contributed by atoms with E-state index in [-0.39, 0.29) is 12.4 Å². The lowest BCUT2D eigenvalue weighted by Crippen LogP contribution is -3.00. The van der Waals surface area contributed by atoms with Crippen LogP contribution in [0.25, 0.3) is 0 Å².